The van der Waals surface area contributed by atoms with Crippen LogP contribution in [0.15, 0.2) is 0 Å². The van der Waals surface area contributed by atoms with E-state index in [9.17, 15) is 10.1 Å². The highest BCUT2D eigenvalue weighted by molar-refractivity contribution is 4.31. The van der Waals surface area contributed by atoms with Crippen LogP contribution in [0.2, 0.25) is 0 Å². The average molecular weight is 122 g/mol. The number of rotatable bonds is 3. The van der Waals surface area contributed by atoms with Gasteiger partial charge in [-0.05, 0) is 0 Å². The zero-order valence-corrected chi connectivity index (χ0v) is 3.98. The molecule has 0 aromatic heterocycles. The van der Waals surface area contributed by atoms with Crippen molar-refractivity contribution in [2.75, 3.05) is 6.54 Å². The molecule has 0 aromatic rings. The molecular formula is C2H6N2O4. The molecule has 0 saturated heterocycles. The molecule has 0 aromatic carbocycles. The fourth-order valence-electron chi connectivity index (χ4n) is 0.142. The van der Waals surface area contributed by atoms with Gasteiger partial charge in [-0.2, -0.15) is 0 Å². The van der Waals surface area contributed by atoms with Gasteiger partial charge in [0.2, 0.25) is 6.29 Å². The van der Waals surface area contributed by atoms with Crippen LogP contribution in [0, 0.1) is 10.1 Å². The zero-order valence-electron chi connectivity index (χ0n) is 3.98. The van der Waals surface area contributed by atoms with Crippen molar-refractivity contribution in [2.45, 2.75) is 6.29 Å². The Hall–Kier alpha value is -0.880. The van der Waals surface area contributed by atoms with Gasteiger partial charge in [0.15, 0.2) is 0 Å². The molecule has 0 saturated carbocycles. The topological polar surface area (TPSA) is 98.6 Å². The monoisotopic (exact) mass is 122 g/mol. The minimum atomic E-state index is -1.50. The molecule has 6 heteroatoms. The predicted molar refractivity (Wildman–Crippen MR) is 23.1 cm³/mol. The van der Waals surface area contributed by atoms with Gasteiger partial charge < -0.3 is 10.8 Å². The summed E-state index contributed by atoms with van der Waals surface area (Å²) in [5, 5.41) is 16.5. The summed E-state index contributed by atoms with van der Waals surface area (Å²) in [4.78, 5) is 12.9. The van der Waals surface area contributed by atoms with E-state index >= 15 is 0 Å². The third kappa shape index (κ3) is 3.32. The Labute approximate surface area is 45.0 Å². The van der Waals surface area contributed by atoms with Crippen molar-refractivity contribution in [1.29, 1.82) is 0 Å². The highest BCUT2D eigenvalue weighted by atomic mass is 17.0. The summed E-state index contributed by atoms with van der Waals surface area (Å²) >= 11 is 0. The molecule has 0 radical (unpaired) electrons. The summed E-state index contributed by atoms with van der Waals surface area (Å²) in [6.07, 6.45) is -1.50. The fourth-order valence-corrected chi connectivity index (χ4v) is 0.142. The molecule has 0 aliphatic carbocycles. The third-order valence-corrected chi connectivity index (χ3v) is 0.409. The Bertz CT molecular complexity index is 84.1. The Morgan fingerprint density at radius 1 is 2.00 bits per heavy atom. The summed E-state index contributed by atoms with van der Waals surface area (Å²) in [7, 11) is 0. The minimum Gasteiger partial charge on any atom is -0.367 e. The molecule has 48 valence electrons. The van der Waals surface area contributed by atoms with E-state index in [1.807, 2.05) is 0 Å². The highest BCUT2D eigenvalue weighted by Gasteiger charge is 2.03. The molecule has 0 fully saturated rings. The van der Waals surface area contributed by atoms with Crippen LogP contribution >= 0.6 is 0 Å². The van der Waals surface area contributed by atoms with Crippen LogP contribution in [-0.2, 0) is 4.84 Å². The summed E-state index contributed by atoms with van der Waals surface area (Å²) in [6.45, 7) is -0.277. The molecular weight excluding hydrogens is 116 g/mol. The van der Waals surface area contributed by atoms with E-state index in [0.29, 0.717) is 0 Å². The lowest BCUT2D eigenvalue weighted by Gasteiger charge is -2.01. The first-order chi connectivity index (χ1) is 3.66. The molecule has 1 unspecified atom stereocenters. The quantitative estimate of drug-likeness (QED) is 0.269. The number of hydrogen-bond acceptors (Lipinski definition) is 5. The van der Waals surface area contributed by atoms with Gasteiger partial charge in [0.05, 0.1) is 0 Å². The normalized spacial score (nSPS) is 12.8. The Morgan fingerprint density at radius 3 is 2.62 bits per heavy atom. The lowest BCUT2D eigenvalue weighted by Crippen LogP contribution is -2.25. The minimum absolute atomic E-state index is 0.277. The Balaban J connectivity index is 3.24. The molecule has 0 bridgehead atoms. The Morgan fingerprint density at radius 2 is 2.50 bits per heavy atom. The third-order valence-electron chi connectivity index (χ3n) is 0.409. The lowest BCUT2D eigenvalue weighted by atomic mass is 10.7. The van der Waals surface area contributed by atoms with Crippen molar-refractivity contribution < 1.29 is 15.0 Å². The van der Waals surface area contributed by atoms with Gasteiger partial charge in [-0.1, -0.05) is 0 Å². The second-order valence-electron chi connectivity index (χ2n) is 1.02. The molecule has 1 atom stereocenters. The van der Waals surface area contributed by atoms with E-state index in [1.54, 1.807) is 0 Å². The molecule has 0 heterocycles. The van der Waals surface area contributed by atoms with Gasteiger partial charge in [-0.3, -0.25) is 4.84 Å². The molecule has 0 rings (SSSR count). The second-order valence-corrected chi connectivity index (χ2v) is 1.02. The highest BCUT2D eigenvalue weighted by Crippen LogP contribution is 1.80. The second kappa shape index (κ2) is 3.16. The Kier molecular flexibility index (Phi) is 2.82. The largest absolute Gasteiger partial charge is 0.367 e. The molecule has 0 amide bonds. The number of aliphatic hydroxyl groups is 1. The van der Waals surface area contributed by atoms with Crippen molar-refractivity contribution >= 4 is 0 Å². The van der Waals surface area contributed by atoms with E-state index in [2.05, 4.69) is 4.84 Å². The smallest absolute Gasteiger partial charge is 0.297 e. The standard InChI is InChI=1S/C2H6N2O4/c3-1-2(5)8-4(6)7/h2,5H,1,3H2. The van der Waals surface area contributed by atoms with Crippen LogP contribution in [0.4, 0.5) is 0 Å². The molecule has 0 spiro atoms. The van der Waals surface area contributed by atoms with Crippen LogP contribution in [0.1, 0.15) is 0 Å². The van der Waals surface area contributed by atoms with E-state index in [0.717, 1.165) is 0 Å². The summed E-state index contributed by atoms with van der Waals surface area (Å²) < 4.78 is 0. The first-order valence-corrected chi connectivity index (χ1v) is 1.86. The number of nitrogens with zero attached hydrogens (tertiary/aromatic N) is 1. The molecule has 0 aliphatic heterocycles. The maximum Gasteiger partial charge on any atom is 0.297 e. The maximum absolute atomic E-state index is 9.34. The summed E-state index contributed by atoms with van der Waals surface area (Å²) in [6, 6.07) is 0. The van der Waals surface area contributed by atoms with Gasteiger partial charge in [-0.25, -0.2) is 0 Å². The van der Waals surface area contributed by atoms with Crippen molar-refractivity contribution in [2.24, 2.45) is 5.73 Å². The number of hydrogen-bond donors (Lipinski definition) is 2. The van der Waals surface area contributed by atoms with Crippen molar-refractivity contribution in [3.8, 4) is 0 Å². The van der Waals surface area contributed by atoms with E-state index < -0.39 is 11.4 Å². The molecule has 8 heavy (non-hydrogen) atoms. The zero-order chi connectivity index (χ0) is 6.57. The summed E-state index contributed by atoms with van der Waals surface area (Å²) in [5.41, 5.74) is 4.74. The van der Waals surface area contributed by atoms with Crippen molar-refractivity contribution in [3.05, 3.63) is 10.1 Å². The van der Waals surface area contributed by atoms with Gasteiger partial charge >= 0.3 is 0 Å². The van der Waals surface area contributed by atoms with E-state index in [1.165, 1.54) is 0 Å². The van der Waals surface area contributed by atoms with Crippen LogP contribution in [-0.4, -0.2) is 23.0 Å². The van der Waals surface area contributed by atoms with Crippen molar-refractivity contribution in [3.63, 3.8) is 0 Å². The van der Waals surface area contributed by atoms with Gasteiger partial charge in [0.1, 0.15) is 0 Å². The van der Waals surface area contributed by atoms with Crippen LogP contribution < -0.4 is 5.73 Å². The molecule has 0 aliphatic rings. The van der Waals surface area contributed by atoms with Crippen LogP contribution in [0.25, 0.3) is 0 Å². The maximum atomic E-state index is 9.34. The predicted octanol–water partition coefficient (Wildman–Crippen LogP) is -1.53. The average Bonchev–Trinajstić information content (AvgIpc) is 1.65. The SMILES string of the molecule is NCC(O)O[N+](=O)[O-]. The van der Waals surface area contributed by atoms with Gasteiger partial charge in [0.25, 0.3) is 5.09 Å². The van der Waals surface area contributed by atoms with E-state index in [-0.39, 0.29) is 6.54 Å². The lowest BCUT2D eigenvalue weighted by molar-refractivity contribution is -0.778. The molecule has 3 N–H and O–H groups in total. The summed E-state index contributed by atoms with van der Waals surface area (Å²) in [5.74, 6) is 0. The number of nitrogens with two attached hydrogens (primary N) is 1. The fraction of sp³-hybridized carbons (Fsp3) is 1.00. The molecule has 6 nitrogen and oxygen atoms in total. The first-order valence-electron chi connectivity index (χ1n) is 1.86. The van der Waals surface area contributed by atoms with Crippen LogP contribution in [0.5, 0.6) is 0 Å². The number of aliphatic hydroxyl groups excluding tert-OH is 1. The van der Waals surface area contributed by atoms with Crippen LogP contribution in [0.3, 0.4) is 0 Å². The van der Waals surface area contributed by atoms with Gasteiger partial charge in [0, 0.05) is 6.54 Å². The van der Waals surface area contributed by atoms with Crippen molar-refractivity contribution in [1.82, 2.24) is 0 Å². The van der Waals surface area contributed by atoms with E-state index in [4.69, 9.17) is 10.8 Å². The first kappa shape index (κ1) is 7.12. The van der Waals surface area contributed by atoms with Gasteiger partial charge in [-0.15, -0.1) is 10.1 Å².